The molecule has 0 bridgehead atoms. The average Bonchev–Trinajstić information content (AvgIpc) is 3.56. The van der Waals surface area contributed by atoms with Crippen molar-refractivity contribution in [3.05, 3.63) is 189 Å². The number of hydrogen-bond acceptors (Lipinski definition) is 8. The molecule has 0 spiro atoms. The minimum Gasteiger partial charge on any atom is -0.478 e. The molecule has 12 nitrogen and oxygen atoms in total. The molecule has 0 saturated heterocycles. The van der Waals surface area contributed by atoms with Crippen molar-refractivity contribution in [2.45, 2.75) is 37.1 Å². The summed E-state index contributed by atoms with van der Waals surface area (Å²) < 4.78 is 11.4. The highest BCUT2D eigenvalue weighted by atomic mass is 16.5. The Bertz CT molecular complexity index is 2740. The van der Waals surface area contributed by atoms with Gasteiger partial charge in [-0.3, -0.25) is 9.59 Å². The van der Waals surface area contributed by atoms with Crippen molar-refractivity contribution in [3.63, 3.8) is 0 Å². The second-order valence-electron chi connectivity index (χ2n) is 15.2. The fourth-order valence-corrected chi connectivity index (χ4v) is 8.30. The van der Waals surface area contributed by atoms with Crippen LogP contribution in [0.15, 0.2) is 133 Å². The number of ether oxygens (including phenoxy) is 2. The third-order valence-electron chi connectivity index (χ3n) is 11.5. The van der Waals surface area contributed by atoms with E-state index in [0.717, 1.165) is 64.8 Å². The highest BCUT2D eigenvalue weighted by Gasteiger charge is 2.46. The van der Waals surface area contributed by atoms with Gasteiger partial charge in [-0.1, -0.05) is 72.8 Å². The molecule has 0 unspecified atom stereocenters. The summed E-state index contributed by atoms with van der Waals surface area (Å²) in [7, 11) is 1.38. The summed E-state index contributed by atoms with van der Waals surface area (Å²) in [5, 5.41) is 24.9. The predicted octanol–water partition coefficient (Wildman–Crippen LogP) is 7.92. The highest BCUT2D eigenvalue weighted by Crippen LogP contribution is 2.56. The van der Waals surface area contributed by atoms with Crippen LogP contribution in [0.2, 0.25) is 0 Å². The predicted molar refractivity (Wildman–Crippen MR) is 224 cm³/mol. The largest absolute Gasteiger partial charge is 0.478 e. The number of carboxylic acids is 2. The van der Waals surface area contributed by atoms with Gasteiger partial charge < -0.3 is 30.3 Å². The Labute approximate surface area is 349 Å². The standard InChI is InChI=1S/C49H38N2O10/c1-48(24-7-25-48)51-43(53)37-23-13-29(27-39(37)45(56)57)47(59)61-33-20-16-31(17-21-33)49(40-10-5-3-8-34(40)35-9-4-6-11-41(35)49)30-14-18-32(19-15-30)60-46(58)28-12-22-36(42(52)50-2)38(26-28)44(54)55/h3-6,8-23,26-27H,7,24-25H2,1-2H3,(H,50,52)(H,51,53)(H,54,55)(H,56,57). The van der Waals surface area contributed by atoms with E-state index in [4.69, 9.17) is 9.47 Å². The van der Waals surface area contributed by atoms with Gasteiger partial charge in [0.2, 0.25) is 0 Å². The zero-order valence-corrected chi connectivity index (χ0v) is 33.0. The lowest BCUT2D eigenvalue weighted by Crippen LogP contribution is -2.51. The molecule has 2 aliphatic carbocycles. The van der Waals surface area contributed by atoms with Gasteiger partial charge in [0, 0.05) is 12.6 Å². The van der Waals surface area contributed by atoms with Gasteiger partial charge in [-0.2, -0.15) is 0 Å². The molecule has 0 atom stereocenters. The number of fused-ring (bicyclic) bond motifs is 3. The second kappa shape index (κ2) is 15.7. The fourth-order valence-electron chi connectivity index (χ4n) is 8.30. The van der Waals surface area contributed by atoms with Crippen molar-refractivity contribution in [3.8, 4) is 22.6 Å². The van der Waals surface area contributed by atoms with Crippen molar-refractivity contribution < 1.29 is 48.5 Å². The molecule has 6 aromatic rings. The number of carbonyl (C=O) groups excluding carboxylic acids is 4. The fraction of sp³-hybridized carbons (Fsp3) is 0.143. The van der Waals surface area contributed by atoms with Crippen LogP contribution in [0.4, 0.5) is 0 Å². The first-order valence-corrected chi connectivity index (χ1v) is 19.5. The number of hydrogen-bond donors (Lipinski definition) is 4. The Morgan fingerprint density at radius 3 is 1.36 bits per heavy atom. The van der Waals surface area contributed by atoms with E-state index < -0.39 is 46.6 Å². The van der Waals surface area contributed by atoms with Crippen LogP contribution in [0, 0.1) is 0 Å². The van der Waals surface area contributed by atoms with Crippen LogP contribution in [0.1, 0.15) is 111 Å². The van der Waals surface area contributed by atoms with Crippen molar-refractivity contribution in [1.82, 2.24) is 10.6 Å². The van der Waals surface area contributed by atoms with Crippen LogP contribution < -0.4 is 20.1 Å². The van der Waals surface area contributed by atoms with E-state index in [1.54, 1.807) is 24.3 Å². The molecule has 0 aliphatic heterocycles. The minimum absolute atomic E-state index is 0.0352. The van der Waals surface area contributed by atoms with Crippen molar-refractivity contribution in [1.29, 1.82) is 0 Å². The van der Waals surface area contributed by atoms with Crippen LogP contribution >= 0.6 is 0 Å². The van der Waals surface area contributed by atoms with E-state index in [1.807, 2.05) is 55.5 Å². The number of carbonyl (C=O) groups is 6. The van der Waals surface area contributed by atoms with E-state index in [-0.39, 0.29) is 44.9 Å². The van der Waals surface area contributed by atoms with E-state index in [0.29, 0.717) is 0 Å². The second-order valence-corrected chi connectivity index (χ2v) is 15.2. The monoisotopic (exact) mass is 814 g/mol. The third-order valence-corrected chi connectivity index (χ3v) is 11.5. The summed E-state index contributed by atoms with van der Waals surface area (Å²) in [6.07, 6.45) is 2.57. The van der Waals surface area contributed by atoms with Crippen molar-refractivity contribution in [2.24, 2.45) is 0 Å². The number of carboxylic acid groups (broad SMARTS) is 2. The van der Waals surface area contributed by atoms with E-state index in [2.05, 4.69) is 34.9 Å². The molecule has 12 heteroatoms. The van der Waals surface area contributed by atoms with Gasteiger partial charge in [0.15, 0.2) is 0 Å². The SMILES string of the molecule is CNC(=O)c1ccc(C(=O)Oc2ccc(C3(c4ccc(OC(=O)c5ccc(C(=O)NC6(C)CCC6)c(C(=O)O)c5)cc4)c4ccccc4-c4ccccc43)cc2)cc1C(=O)O. The van der Waals surface area contributed by atoms with Gasteiger partial charge in [0.1, 0.15) is 11.5 Å². The Kier molecular flexibility index (Phi) is 10.3. The molecular formula is C49H38N2O10. The molecule has 8 rings (SSSR count). The molecule has 0 heterocycles. The van der Waals surface area contributed by atoms with Gasteiger partial charge in [0.05, 0.1) is 38.8 Å². The summed E-state index contributed by atoms with van der Waals surface area (Å²) in [5.41, 5.74) is 3.52. The number of nitrogens with one attached hydrogen (secondary N) is 2. The van der Waals surface area contributed by atoms with Gasteiger partial charge in [-0.15, -0.1) is 0 Å². The first-order chi connectivity index (χ1) is 29.3. The summed E-state index contributed by atoms with van der Waals surface area (Å²) in [6, 6.07) is 37.7. The molecule has 2 amide bonds. The number of rotatable bonds is 11. The number of esters is 2. The molecular weight excluding hydrogens is 777 g/mol. The summed E-state index contributed by atoms with van der Waals surface area (Å²) >= 11 is 0. The Hall–Kier alpha value is -7.86. The molecule has 61 heavy (non-hydrogen) atoms. The average molecular weight is 815 g/mol. The lowest BCUT2D eigenvalue weighted by Gasteiger charge is -2.39. The molecule has 0 radical (unpaired) electrons. The first kappa shape index (κ1) is 39.9. The summed E-state index contributed by atoms with van der Waals surface area (Å²) in [6.45, 7) is 1.91. The maximum absolute atomic E-state index is 13.4. The van der Waals surface area contributed by atoms with Crippen LogP contribution in [0.5, 0.6) is 11.5 Å². The Morgan fingerprint density at radius 2 is 0.967 bits per heavy atom. The minimum atomic E-state index is -1.37. The zero-order valence-electron chi connectivity index (χ0n) is 33.0. The summed E-state index contributed by atoms with van der Waals surface area (Å²) in [4.78, 5) is 76.0. The van der Waals surface area contributed by atoms with Crippen LogP contribution in [0.3, 0.4) is 0 Å². The number of aromatic carboxylic acids is 2. The molecule has 1 fully saturated rings. The highest BCUT2D eigenvalue weighted by molar-refractivity contribution is 6.08. The quantitative estimate of drug-likeness (QED) is 0.0739. The van der Waals surface area contributed by atoms with Gasteiger partial charge in [-0.05, 0) is 120 Å². The Morgan fingerprint density at radius 1 is 0.541 bits per heavy atom. The lowest BCUT2D eigenvalue weighted by atomic mass is 9.68. The molecule has 4 N–H and O–H groups in total. The van der Waals surface area contributed by atoms with Gasteiger partial charge >= 0.3 is 23.9 Å². The summed E-state index contributed by atoms with van der Waals surface area (Å²) in [5.74, 6) is -5.05. The topological polar surface area (TPSA) is 185 Å². The smallest absolute Gasteiger partial charge is 0.343 e. The molecule has 0 aromatic heterocycles. The van der Waals surface area contributed by atoms with E-state index >= 15 is 0 Å². The first-order valence-electron chi connectivity index (χ1n) is 19.5. The maximum Gasteiger partial charge on any atom is 0.343 e. The van der Waals surface area contributed by atoms with E-state index in [1.165, 1.54) is 31.3 Å². The normalized spacial score (nSPS) is 14.0. The molecule has 304 valence electrons. The number of benzene rings is 6. The lowest BCUT2D eigenvalue weighted by molar-refractivity contribution is 0.0679. The third kappa shape index (κ3) is 7.18. The molecule has 6 aromatic carbocycles. The van der Waals surface area contributed by atoms with Crippen LogP contribution in [-0.4, -0.2) is 58.5 Å². The Balaban J connectivity index is 1.10. The van der Waals surface area contributed by atoms with Crippen LogP contribution in [0.25, 0.3) is 11.1 Å². The number of amides is 2. The van der Waals surface area contributed by atoms with Gasteiger partial charge in [0.25, 0.3) is 11.8 Å². The van der Waals surface area contributed by atoms with E-state index in [9.17, 15) is 39.0 Å². The van der Waals surface area contributed by atoms with Crippen molar-refractivity contribution in [2.75, 3.05) is 7.05 Å². The van der Waals surface area contributed by atoms with Crippen LogP contribution in [-0.2, 0) is 5.41 Å². The van der Waals surface area contributed by atoms with Gasteiger partial charge in [-0.25, -0.2) is 19.2 Å². The zero-order chi connectivity index (χ0) is 43.1. The maximum atomic E-state index is 13.4. The van der Waals surface area contributed by atoms with Crippen molar-refractivity contribution >= 4 is 35.7 Å². The molecule has 2 aliphatic rings. The molecule has 1 saturated carbocycles.